The monoisotopic (exact) mass is 394 g/mol. The fourth-order valence-corrected chi connectivity index (χ4v) is 3.52. The summed E-state index contributed by atoms with van der Waals surface area (Å²) in [5.74, 6) is 2.74. The Hall–Kier alpha value is -3.35. The van der Waals surface area contributed by atoms with Crippen LogP contribution in [-0.4, -0.2) is 30.7 Å². The molecule has 0 saturated carbocycles. The average Bonchev–Trinajstić information content (AvgIpc) is 2.77. The van der Waals surface area contributed by atoms with Gasteiger partial charge >= 0.3 is 0 Å². The lowest BCUT2D eigenvalue weighted by molar-refractivity contribution is 0.353. The Labute approximate surface area is 169 Å². The summed E-state index contributed by atoms with van der Waals surface area (Å²) in [4.78, 5) is 10.9. The zero-order valence-electron chi connectivity index (χ0n) is 16.5. The van der Waals surface area contributed by atoms with Gasteiger partial charge in [-0.05, 0) is 35.7 Å². The number of nitrogens with one attached hydrogen (secondary N) is 1. The zero-order chi connectivity index (χ0) is 20.2. The largest absolute Gasteiger partial charge is 0.493 e. The molecule has 0 fully saturated rings. The zero-order valence-corrected chi connectivity index (χ0v) is 16.5. The first-order valence-corrected chi connectivity index (χ1v) is 9.46. The standard InChI is InChI=1S/C22H23FN4O2/c1-28-19-9-15-7-8-27(13-17(15)10-20(19)29-2)22-11-21(25-14-26-22)24-12-16-5-3-4-6-18(16)23/h3-6,9-11,14H,7-8,12-13H2,1-2H3,(H,24,25,26). The van der Waals surface area contributed by atoms with Gasteiger partial charge in [0.1, 0.15) is 23.8 Å². The number of aromatic nitrogens is 2. The third-order valence-corrected chi connectivity index (χ3v) is 5.11. The van der Waals surface area contributed by atoms with Crippen LogP contribution in [0.1, 0.15) is 16.7 Å². The summed E-state index contributed by atoms with van der Waals surface area (Å²) < 4.78 is 24.7. The van der Waals surface area contributed by atoms with Gasteiger partial charge in [0.05, 0.1) is 14.2 Å². The van der Waals surface area contributed by atoms with Crippen LogP contribution in [0.25, 0.3) is 0 Å². The van der Waals surface area contributed by atoms with Gasteiger partial charge in [-0.3, -0.25) is 0 Å². The van der Waals surface area contributed by atoms with Crippen LogP contribution < -0.4 is 19.7 Å². The van der Waals surface area contributed by atoms with Gasteiger partial charge in [0.25, 0.3) is 0 Å². The minimum atomic E-state index is -0.230. The van der Waals surface area contributed by atoms with E-state index in [1.807, 2.05) is 24.3 Å². The Kier molecular flexibility index (Phi) is 5.46. The molecule has 29 heavy (non-hydrogen) atoms. The third-order valence-electron chi connectivity index (χ3n) is 5.11. The maximum absolute atomic E-state index is 13.8. The molecule has 0 atom stereocenters. The maximum atomic E-state index is 13.8. The number of halogens is 1. The molecular weight excluding hydrogens is 371 g/mol. The van der Waals surface area contributed by atoms with Crippen LogP contribution >= 0.6 is 0 Å². The minimum Gasteiger partial charge on any atom is -0.493 e. The summed E-state index contributed by atoms with van der Waals surface area (Å²) in [7, 11) is 3.29. The van der Waals surface area contributed by atoms with E-state index in [0.29, 0.717) is 17.9 Å². The van der Waals surface area contributed by atoms with E-state index in [9.17, 15) is 4.39 Å². The Balaban J connectivity index is 1.50. The highest BCUT2D eigenvalue weighted by Gasteiger charge is 2.20. The van der Waals surface area contributed by atoms with Crippen molar-refractivity contribution in [1.29, 1.82) is 0 Å². The van der Waals surface area contributed by atoms with E-state index < -0.39 is 0 Å². The molecule has 150 valence electrons. The molecule has 1 aliphatic rings. The summed E-state index contributed by atoms with van der Waals surface area (Å²) in [5.41, 5.74) is 3.04. The van der Waals surface area contributed by atoms with E-state index >= 15 is 0 Å². The molecule has 7 heteroatoms. The highest BCUT2D eigenvalue weighted by Crippen LogP contribution is 2.34. The molecular formula is C22H23FN4O2. The fraction of sp³-hybridized carbons (Fsp3) is 0.273. The van der Waals surface area contributed by atoms with Crippen molar-refractivity contribution in [1.82, 2.24) is 9.97 Å². The molecule has 0 unspecified atom stereocenters. The first-order valence-electron chi connectivity index (χ1n) is 9.46. The van der Waals surface area contributed by atoms with Gasteiger partial charge in [0.2, 0.25) is 0 Å². The molecule has 0 radical (unpaired) electrons. The van der Waals surface area contributed by atoms with Crippen molar-refractivity contribution in [3.8, 4) is 11.5 Å². The van der Waals surface area contributed by atoms with Crippen molar-refractivity contribution in [3.63, 3.8) is 0 Å². The molecule has 1 aromatic heterocycles. The van der Waals surface area contributed by atoms with Crippen molar-refractivity contribution < 1.29 is 13.9 Å². The van der Waals surface area contributed by atoms with Crippen LogP contribution in [0.5, 0.6) is 11.5 Å². The molecule has 0 aliphatic carbocycles. The lowest BCUT2D eigenvalue weighted by Crippen LogP contribution is -2.31. The molecule has 6 nitrogen and oxygen atoms in total. The minimum absolute atomic E-state index is 0.230. The predicted molar refractivity (Wildman–Crippen MR) is 110 cm³/mol. The van der Waals surface area contributed by atoms with E-state index in [2.05, 4.69) is 20.2 Å². The molecule has 0 spiro atoms. The van der Waals surface area contributed by atoms with Gasteiger partial charge in [-0.15, -0.1) is 0 Å². The van der Waals surface area contributed by atoms with Crippen LogP contribution in [-0.2, 0) is 19.5 Å². The van der Waals surface area contributed by atoms with Gasteiger partial charge in [-0.1, -0.05) is 18.2 Å². The molecule has 3 aromatic rings. The van der Waals surface area contributed by atoms with Crippen LogP contribution in [0.2, 0.25) is 0 Å². The Morgan fingerprint density at radius 3 is 2.55 bits per heavy atom. The number of rotatable bonds is 6. The first-order chi connectivity index (χ1) is 14.2. The number of hydrogen-bond acceptors (Lipinski definition) is 6. The van der Waals surface area contributed by atoms with Crippen LogP contribution in [0, 0.1) is 5.82 Å². The van der Waals surface area contributed by atoms with Gasteiger partial charge in [-0.2, -0.15) is 0 Å². The molecule has 2 aromatic carbocycles. The van der Waals surface area contributed by atoms with Crippen molar-refractivity contribution in [2.24, 2.45) is 0 Å². The SMILES string of the molecule is COc1cc2c(cc1OC)CN(c1cc(NCc3ccccc3F)ncn1)CC2. The first kappa shape index (κ1) is 19.0. The second-order valence-corrected chi connectivity index (χ2v) is 6.85. The number of hydrogen-bond donors (Lipinski definition) is 1. The van der Waals surface area contributed by atoms with Crippen molar-refractivity contribution in [2.75, 3.05) is 31.0 Å². The number of ether oxygens (including phenoxy) is 2. The van der Waals surface area contributed by atoms with E-state index in [1.54, 1.807) is 26.4 Å². The van der Waals surface area contributed by atoms with Crippen LogP contribution in [0.3, 0.4) is 0 Å². The topological polar surface area (TPSA) is 59.5 Å². The molecule has 4 rings (SSSR count). The second-order valence-electron chi connectivity index (χ2n) is 6.85. The van der Waals surface area contributed by atoms with E-state index in [-0.39, 0.29) is 5.82 Å². The predicted octanol–water partition coefficient (Wildman–Crippen LogP) is 3.81. The lowest BCUT2D eigenvalue weighted by Gasteiger charge is -2.30. The molecule has 1 N–H and O–H groups in total. The highest BCUT2D eigenvalue weighted by molar-refractivity contribution is 5.54. The fourth-order valence-electron chi connectivity index (χ4n) is 3.52. The van der Waals surface area contributed by atoms with Crippen LogP contribution in [0.15, 0.2) is 48.8 Å². The quantitative estimate of drug-likeness (QED) is 0.686. The number of benzene rings is 2. The number of fused-ring (bicyclic) bond motifs is 1. The Bertz CT molecular complexity index is 1010. The van der Waals surface area contributed by atoms with E-state index in [0.717, 1.165) is 36.8 Å². The lowest BCUT2D eigenvalue weighted by atomic mass is 9.99. The van der Waals surface area contributed by atoms with Gasteiger partial charge < -0.3 is 19.7 Å². The van der Waals surface area contributed by atoms with Crippen molar-refractivity contribution >= 4 is 11.6 Å². The average molecular weight is 394 g/mol. The Morgan fingerprint density at radius 2 is 1.79 bits per heavy atom. The molecule has 0 amide bonds. The van der Waals surface area contributed by atoms with Gasteiger partial charge in [0, 0.05) is 31.3 Å². The summed E-state index contributed by atoms with van der Waals surface area (Å²) in [6.45, 7) is 1.93. The smallest absolute Gasteiger partial charge is 0.161 e. The number of methoxy groups -OCH3 is 2. The van der Waals surface area contributed by atoms with E-state index in [1.165, 1.54) is 23.5 Å². The summed E-state index contributed by atoms with van der Waals surface area (Å²) in [5, 5.41) is 3.18. The molecule has 0 saturated heterocycles. The summed E-state index contributed by atoms with van der Waals surface area (Å²) in [6, 6.07) is 12.7. The van der Waals surface area contributed by atoms with Crippen molar-refractivity contribution in [2.45, 2.75) is 19.5 Å². The highest BCUT2D eigenvalue weighted by atomic mass is 19.1. The number of nitrogens with zero attached hydrogens (tertiary/aromatic N) is 3. The summed E-state index contributed by atoms with van der Waals surface area (Å²) >= 11 is 0. The van der Waals surface area contributed by atoms with Crippen molar-refractivity contribution in [3.05, 3.63) is 71.3 Å². The Morgan fingerprint density at radius 1 is 1.03 bits per heavy atom. The second kappa shape index (κ2) is 8.34. The van der Waals surface area contributed by atoms with Crippen LogP contribution in [0.4, 0.5) is 16.0 Å². The normalized spacial score (nSPS) is 13.0. The third kappa shape index (κ3) is 4.08. The van der Waals surface area contributed by atoms with Gasteiger partial charge in [0.15, 0.2) is 11.5 Å². The van der Waals surface area contributed by atoms with Gasteiger partial charge in [-0.25, -0.2) is 14.4 Å². The number of anilines is 2. The van der Waals surface area contributed by atoms with E-state index in [4.69, 9.17) is 9.47 Å². The molecule has 1 aliphatic heterocycles. The maximum Gasteiger partial charge on any atom is 0.161 e. The molecule has 2 heterocycles. The molecule has 0 bridgehead atoms. The summed E-state index contributed by atoms with van der Waals surface area (Å²) in [6.07, 6.45) is 2.42.